The Morgan fingerprint density at radius 3 is 2.55 bits per heavy atom. The number of nitrogens with zero attached hydrogens (tertiary/aromatic N) is 4. The van der Waals surface area contributed by atoms with Crippen molar-refractivity contribution in [2.75, 3.05) is 38.7 Å². The van der Waals surface area contributed by atoms with Gasteiger partial charge in [0.05, 0.1) is 29.4 Å². The van der Waals surface area contributed by atoms with E-state index in [0.717, 1.165) is 37.4 Å². The molecule has 0 spiro atoms. The first-order valence-electron chi connectivity index (χ1n) is 10.2. The molecular weight excluding hydrogens is 370 g/mol. The maximum atomic E-state index is 12.7. The molecule has 3 aromatic rings. The fraction of sp³-hybridized carbons (Fsp3) is 0.476. The van der Waals surface area contributed by atoms with Gasteiger partial charge in [-0.2, -0.15) is 0 Å². The van der Waals surface area contributed by atoms with Gasteiger partial charge in [0.15, 0.2) is 0 Å². The maximum Gasteiger partial charge on any atom is 0.274 e. The third-order valence-electron chi connectivity index (χ3n) is 5.39. The van der Waals surface area contributed by atoms with E-state index in [4.69, 9.17) is 4.74 Å². The van der Waals surface area contributed by atoms with Crippen molar-refractivity contribution in [1.82, 2.24) is 19.3 Å². The molecule has 8 nitrogen and oxygen atoms in total. The standard InChI is InChI=1S/C21H27N5O3/c1-4-29-18-12-16-15(11-14(18)20(28)24(2)3)23-19(27)17-13-22-21(26(16)17)25-9-7-5-6-8-10-25/h11-13H,4-10H2,1-3H3,(H,23,27). The van der Waals surface area contributed by atoms with Gasteiger partial charge in [0.25, 0.3) is 11.5 Å². The quantitative estimate of drug-likeness (QED) is 0.732. The number of carbonyl (C=O) groups is 1. The molecule has 3 heterocycles. The zero-order chi connectivity index (χ0) is 20.5. The molecule has 2 aromatic heterocycles. The molecular formula is C21H27N5O3. The molecule has 1 aromatic carbocycles. The number of fused-ring (bicyclic) bond motifs is 3. The van der Waals surface area contributed by atoms with Crippen molar-refractivity contribution in [3.63, 3.8) is 0 Å². The van der Waals surface area contributed by atoms with E-state index in [1.54, 1.807) is 26.4 Å². The van der Waals surface area contributed by atoms with Crippen LogP contribution >= 0.6 is 0 Å². The lowest BCUT2D eigenvalue weighted by atomic mass is 10.1. The average molecular weight is 397 g/mol. The molecule has 0 atom stereocenters. The van der Waals surface area contributed by atoms with Crippen molar-refractivity contribution < 1.29 is 9.53 Å². The zero-order valence-corrected chi connectivity index (χ0v) is 17.2. The molecule has 1 aliphatic heterocycles. The number of rotatable bonds is 4. The van der Waals surface area contributed by atoms with Crippen LogP contribution in [0.2, 0.25) is 0 Å². The van der Waals surface area contributed by atoms with Gasteiger partial charge >= 0.3 is 0 Å². The van der Waals surface area contributed by atoms with E-state index in [1.807, 2.05) is 17.4 Å². The summed E-state index contributed by atoms with van der Waals surface area (Å²) < 4.78 is 7.69. The molecule has 4 rings (SSSR count). The highest BCUT2D eigenvalue weighted by atomic mass is 16.5. The van der Waals surface area contributed by atoms with Crippen LogP contribution in [-0.2, 0) is 0 Å². The Morgan fingerprint density at radius 2 is 1.90 bits per heavy atom. The molecule has 154 valence electrons. The van der Waals surface area contributed by atoms with Crippen molar-refractivity contribution in [3.8, 4) is 5.75 Å². The molecule has 0 aliphatic carbocycles. The number of hydrogen-bond donors (Lipinski definition) is 1. The average Bonchev–Trinajstić information content (AvgIpc) is 2.97. The van der Waals surface area contributed by atoms with Crippen LogP contribution in [0.15, 0.2) is 23.1 Å². The van der Waals surface area contributed by atoms with Gasteiger partial charge in [-0.1, -0.05) is 12.8 Å². The van der Waals surface area contributed by atoms with E-state index in [-0.39, 0.29) is 11.5 Å². The van der Waals surface area contributed by atoms with E-state index >= 15 is 0 Å². The van der Waals surface area contributed by atoms with E-state index in [9.17, 15) is 9.59 Å². The number of H-pyrrole nitrogens is 1. The Kier molecular flexibility index (Phi) is 5.17. The smallest absolute Gasteiger partial charge is 0.274 e. The summed E-state index contributed by atoms with van der Waals surface area (Å²) in [4.78, 5) is 36.6. The SMILES string of the molecule is CCOc1cc2c(cc1C(=O)N(C)C)[nH]c(=O)c1cnc(N3CCCCCC3)n12. The second-order valence-electron chi connectivity index (χ2n) is 7.63. The number of carbonyl (C=O) groups excluding carboxylic acids is 1. The second kappa shape index (κ2) is 7.77. The Bertz CT molecular complexity index is 1110. The van der Waals surface area contributed by atoms with Gasteiger partial charge in [-0.25, -0.2) is 4.98 Å². The van der Waals surface area contributed by atoms with Gasteiger partial charge in [0, 0.05) is 33.3 Å². The summed E-state index contributed by atoms with van der Waals surface area (Å²) in [5, 5.41) is 0. The Hall–Kier alpha value is -3.03. The van der Waals surface area contributed by atoms with Crippen LogP contribution in [0.5, 0.6) is 5.75 Å². The van der Waals surface area contributed by atoms with Crippen LogP contribution < -0.4 is 15.2 Å². The lowest BCUT2D eigenvalue weighted by molar-refractivity contribution is 0.0823. The van der Waals surface area contributed by atoms with Crippen molar-refractivity contribution in [1.29, 1.82) is 0 Å². The molecule has 1 N–H and O–H groups in total. The van der Waals surface area contributed by atoms with Crippen LogP contribution in [0.3, 0.4) is 0 Å². The lowest BCUT2D eigenvalue weighted by Crippen LogP contribution is -2.27. The third-order valence-corrected chi connectivity index (χ3v) is 5.39. The van der Waals surface area contributed by atoms with Crippen LogP contribution in [-0.4, -0.2) is 59.0 Å². The van der Waals surface area contributed by atoms with Crippen LogP contribution in [0.25, 0.3) is 16.6 Å². The number of aromatic nitrogens is 3. The topological polar surface area (TPSA) is 82.9 Å². The molecule has 8 heteroatoms. The Morgan fingerprint density at radius 1 is 1.17 bits per heavy atom. The predicted octanol–water partition coefficient (Wildman–Crippen LogP) is 2.66. The summed E-state index contributed by atoms with van der Waals surface area (Å²) in [7, 11) is 3.39. The van der Waals surface area contributed by atoms with Crippen LogP contribution in [0, 0.1) is 0 Å². The summed E-state index contributed by atoms with van der Waals surface area (Å²) in [6, 6.07) is 3.54. The highest BCUT2D eigenvalue weighted by Gasteiger charge is 2.21. The fourth-order valence-electron chi connectivity index (χ4n) is 3.96. The summed E-state index contributed by atoms with van der Waals surface area (Å²) in [6.07, 6.45) is 6.28. The number of benzene rings is 1. The minimum absolute atomic E-state index is 0.172. The van der Waals surface area contributed by atoms with Crippen molar-refractivity contribution in [2.24, 2.45) is 0 Å². The van der Waals surface area contributed by atoms with Gasteiger partial charge in [0.1, 0.15) is 11.3 Å². The van der Waals surface area contributed by atoms with E-state index in [2.05, 4.69) is 14.9 Å². The fourth-order valence-corrected chi connectivity index (χ4v) is 3.96. The van der Waals surface area contributed by atoms with Gasteiger partial charge in [-0.05, 0) is 25.8 Å². The normalized spacial score (nSPS) is 14.9. The summed E-state index contributed by atoms with van der Waals surface area (Å²) >= 11 is 0. The largest absolute Gasteiger partial charge is 0.493 e. The first-order chi connectivity index (χ1) is 14.0. The number of aromatic amines is 1. The first-order valence-corrected chi connectivity index (χ1v) is 10.2. The van der Waals surface area contributed by atoms with Crippen LogP contribution in [0.1, 0.15) is 43.0 Å². The second-order valence-corrected chi connectivity index (χ2v) is 7.63. The number of anilines is 1. The van der Waals surface area contributed by atoms with Crippen molar-refractivity contribution in [2.45, 2.75) is 32.6 Å². The minimum atomic E-state index is -0.224. The Balaban J connectivity index is 1.98. The summed E-state index contributed by atoms with van der Waals surface area (Å²) in [5.74, 6) is 1.10. The van der Waals surface area contributed by atoms with Gasteiger partial charge in [-0.15, -0.1) is 0 Å². The molecule has 1 aliphatic rings. The van der Waals surface area contributed by atoms with E-state index in [1.165, 1.54) is 17.7 Å². The molecule has 1 fully saturated rings. The van der Waals surface area contributed by atoms with Crippen LogP contribution in [0.4, 0.5) is 5.95 Å². The molecule has 1 amide bonds. The number of amides is 1. The van der Waals surface area contributed by atoms with E-state index in [0.29, 0.717) is 29.0 Å². The molecule has 0 radical (unpaired) electrons. The molecule has 1 saturated heterocycles. The molecule has 29 heavy (non-hydrogen) atoms. The number of nitrogens with one attached hydrogen (secondary N) is 1. The van der Waals surface area contributed by atoms with Gasteiger partial charge < -0.3 is 19.5 Å². The highest BCUT2D eigenvalue weighted by molar-refractivity contribution is 6.00. The molecule has 0 unspecified atom stereocenters. The lowest BCUT2D eigenvalue weighted by Gasteiger charge is -2.21. The third kappa shape index (κ3) is 3.43. The summed E-state index contributed by atoms with van der Waals surface area (Å²) in [6.45, 7) is 4.16. The van der Waals surface area contributed by atoms with Gasteiger partial charge in [0.2, 0.25) is 5.95 Å². The van der Waals surface area contributed by atoms with Crippen molar-refractivity contribution >= 4 is 28.4 Å². The van der Waals surface area contributed by atoms with E-state index < -0.39 is 0 Å². The highest BCUT2D eigenvalue weighted by Crippen LogP contribution is 2.29. The maximum absolute atomic E-state index is 12.7. The summed E-state index contributed by atoms with van der Waals surface area (Å²) in [5.41, 5.74) is 2.06. The first kappa shape index (κ1) is 19.3. The monoisotopic (exact) mass is 397 g/mol. The predicted molar refractivity (Wildman–Crippen MR) is 113 cm³/mol. The number of imidazole rings is 1. The van der Waals surface area contributed by atoms with Gasteiger partial charge in [-0.3, -0.25) is 14.0 Å². The minimum Gasteiger partial charge on any atom is -0.493 e. The molecule has 0 bridgehead atoms. The Labute approximate surface area is 169 Å². The number of ether oxygens (including phenoxy) is 1. The molecule has 0 saturated carbocycles. The van der Waals surface area contributed by atoms with Crippen molar-refractivity contribution in [3.05, 3.63) is 34.2 Å². The zero-order valence-electron chi connectivity index (χ0n) is 17.2. The number of hydrogen-bond acceptors (Lipinski definition) is 5.